The second-order valence-corrected chi connectivity index (χ2v) is 3.90. The van der Waals surface area contributed by atoms with Crippen molar-refractivity contribution in [3.63, 3.8) is 0 Å². The van der Waals surface area contributed by atoms with Crippen LogP contribution in [0.2, 0.25) is 0 Å². The Morgan fingerprint density at radius 2 is 2.12 bits per heavy atom. The number of halogens is 1. The summed E-state index contributed by atoms with van der Waals surface area (Å²) < 4.78 is 21.6. The van der Waals surface area contributed by atoms with E-state index >= 15 is 0 Å². The van der Waals surface area contributed by atoms with E-state index in [0.29, 0.717) is 18.0 Å². The molecule has 0 saturated heterocycles. The second-order valence-electron chi connectivity index (χ2n) is 3.15. The van der Waals surface area contributed by atoms with Crippen molar-refractivity contribution >= 4 is 17.5 Å². The summed E-state index contributed by atoms with van der Waals surface area (Å²) in [5.41, 5.74) is 0.665. The smallest absolute Gasteiger partial charge is 0.369 e. The van der Waals surface area contributed by atoms with Crippen molar-refractivity contribution in [2.75, 3.05) is 6.61 Å². The van der Waals surface area contributed by atoms with Crippen molar-refractivity contribution in [2.45, 2.75) is 6.92 Å². The normalized spacial score (nSPS) is 10.2. The van der Waals surface area contributed by atoms with Gasteiger partial charge >= 0.3 is 5.97 Å². The van der Waals surface area contributed by atoms with E-state index in [1.165, 1.54) is 12.1 Å². The van der Waals surface area contributed by atoms with E-state index in [1.54, 1.807) is 19.1 Å². The van der Waals surface area contributed by atoms with Crippen molar-refractivity contribution in [3.05, 3.63) is 35.1 Å². The lowest BCUT2D eigenvalue weighted by Gasteiger charge is -1.95. The Morgan fingerprint density at radius 3 is 2.76 bits per heavy atom. The third kappa shape index (κ3) is 2.65. The van der Waals surface area contributed by atoms with Gasteiger partial charge in [0.15, 0.2) is 5.82 Å². The zero-order valence-electron chi connectivity index (χ0n) is 9.01. The van der Waals surface area contributed by atoms with E-state index in [9.17, 15) is 9.18 Å². The molecule has 2 aromatic rings. The SMILES string of the molecule is CCOC(=O)c1nc(-c2ccc(F)cc2)ns1. The Bertz CT molecular complexity index is 525. The standard InChI is InChI=1S/C11H9FN2O2S/c1-2-16-11(15)10-13-9(14-17-10)7-3-5-8(12)6-4-7/h3-6H,2H2,1H3. The van der Waals surface area contributed by atoms with Gasteiger partial charge in [0.25, 0.3) is 0 Å². The maximum Gasteiger partial charge on any atom is 0.369 e. The summed E-state index contributed by atoms with van der Waals surface area (Å²) in [6.45, 7) is 2.02. The number of nitrogens with zero attached hydrogens (tertiary/aromatic N) is 2. The van der Waals surface area contributed by atoms with E-state index < -0.39 is 5.97 Å². The van der Waals surface area contributed by atoms with Crippen LogP contribution < -0.4 is 0 Å². The highest BCUT2D eigenvalue weighted by molar-refractivity contribution is 7.07. The summed E-state index contributed by atoms with van der Waals surface area (Å²) in [6, 6.07) is 5.76. The van der Waals surface area contributed by atoms with Gasteiger partial charge in [-0.3, -0.25) is 0 Å². The lowest BCUT2D eigenvalue weighted by atomic mass is 10.2. The van der Waals surface area contributed by atoms with E-state index in [0.717, 1.165) is 11.5 Å². The number of carbonyl (C=O) groups excluding carboxylic acids is 1. The molecular formula is C11H9FN2O2S. The first-order valence-corrected chi connectivity index (χ1v) is 5.75. The number of aromatic nitrogens is 2. The highest BCUT2D eigenvalue weighted by atomic mass is 32.1. The van der Waals surface area contributed by atoms with Crippen LogP contribution in [-0.4, -0.2) is 21.9 Å². The zero-order chi connectivity index (χ0) is 12.3. The minimum atomic E-state index is -0.488. The molecule has 0 radical (unpaired) electrons. The van der Waals surface area contributed by atoms with Crippen LogP contribution in [-0.2, 0) is 4.74 Å². The van der Waals surface area contributed by atoms with Crippen LogP contribution in [0.5, 0.6) is 0 Å². The molecule has 0 saturated carbocycles. The maximum atomic E-state index is 12.7. The number of benzene rings is 1. The maximum absolute atomic E-state index is 12.7. The van der Waals surface area contributed by atoms with Crippen molar-refractivity contribution < 1.29 is 13.9 Å². The van der Waals surface area contributed by atoms with Crippen molar-refractivity contribution in [1.82, 2.24) is 9.36 Å². The highest BCUT2D eigenvalue weighted by Crippen LogP contribution is 2.18. The number of ether oxygens (including phenoxy) is 1. The molecule has 0 bridgehead atoms. The fourth-order valence-electron chi connectivity index (χ4n) is 1.22. The van der Waals surface area contributed by atoms with Gasteiger partial charge in [-0.15, -0.1) is 0 Å². The van der Waals surface area contributed by atoms with Crippen LogP contribution >= 0.6 is 11.5 Å². The molecule has 88 valence electrons. The van der Waals surface area contributed by atoms with E-state index in [2.05, 4.69) is 9.36 Å². The molecule has 17 heavy (non-hydrogen) atoms. The third-order valence-corrected chi connectivity index (χ3v) is 2.67. The lowest BCUT2D eigenvalue weighted by Crippen LogP contribution is -2.03. The van der Waals surface area contributed by atoms with Crippen molar-refractivity contribution in [1.29, 1.82) is 0 Å². The Kier molecular flexibility index (Phi) is 3.43. The number of hydrogen-bond acceptors (Lipinski definition) is 5. The van der Waals surface area contributed by atoms with Crippen molar-refractivity contribution in [3.8, 4) is 11.4 Å². The average molecular weight is 252 g/mol. The molecule has 1 aromatic carbocycles. The largest absolute Gasteiger partial charge is 0.461 e. The summed E-state index contributed by atoms with van der Waals surface area (Å²) in [4.78, 5) is 15.4. The summed E-state index contributed by atoms with van der Waals surface area (Å²) in [6.07, 6.45) is 0. The fourth-order valence-corrected chi connectivity index (χ4v) is 1.80. The molecule has 0 N–H and O–H groups in total. The molecule has 0 aliphatic carbocycles. The molecule has 4 nitrogen and oxygen atoms in total. The first-order chi connectivity index (χ1) is 8.20. The minimum Gasteiger partial charge on any atom is -0.461 e. The van der Waals surface area contributed by atoms with Crippen LogP contribution in [0.25, 0.3) is 11.4 Å². The Morgan fingerprint density at radius 1 is 1.41 bits per heavy atom. The summed E-state index contributed by atoms with van der Waals surface area (Å²) >= 11 is 0.967. The topological polar surface area (TPSA) is 52.1 Å². The quantitative estimate of drug-likeness (QED) is 0.788. The van der Waals surface area contributed by atoms with Gasteiger partial charge in [-0.05, 0) is 42.7 Å². The Labute approximate surface area is 101 Å². The molecule has 0 atom stereocenters. The van der Waals surface area contributed by atoms with Gasteiger partial charge in [0.2, 0.25) is 5.01 Å². The number of hydrogen-bond donors (Lipinski definition) is 0. The molecule has 0 spiro atoms. The predicted octanol–water partition coefficient (Wildman–Crippen LogP) is 2.52. The molecule has 1 aromatic heterocycles. The van der Waals surface area contributed by atoms with Crippen molar-refractivity contribution in [2.24, 2.45) is 0 Å². The Hall–Kier alpha value is -1.82. The van der Waals surface area contributed by atoms with Gasteiger partial charge in [-0.25, -0.2) is 14.2 Å². The van der Waals surface area contributed by atoms with E-state index in [4.69, 9.17) is 4.74 Å². The van der Waals surface area contributed by atoms with Gasteiger partial charge in [0.1, 0.15) is 5.82 Å². The Balaban J connectivity index is 2.23. The molecule has 2 rings (SSSR count). The molecule has 0 amide bonds. The number of rotatable bonds is 3. The minimum absolute atomic E-state index is 0.200. The van der Waals surface area contributed by atoms with Crippen LogP contribution in [0, 0.1) is 5.82 Å². The monoisotopic (exact) mass is 252 g/mol. The summed E-state index contributed by atoms with van der Waals surface area (Å²) in [5, 5.41) is 0.200. The van der Waals surface area contributed by atoms with Crippen LogP contribution in [0.3, 0.4) is 0 Å². The van der Waals surface area contributed by atoms with E-state index in [1.807, 2.05) is 0 Å². The van der Waals surface area contributed by atoms with Crippen LogP contribution in [0.15, 0.2) is 24.3 Å². The highest BCUT2D eigenvalue weighted by Gasteiger charge is 2.14. The molecule has 0 unspecified atom stereocenters. The van der Waals surface area contributed by atoms with Gasteiger partial charge in [-0.1, -0.05) is 0 Å². The van der Waals surface area contributed by atoms with Gasteiger partial charge in [0, 0.05) is 5.56 Å². The third-order valence-electron chi connectivity index (χ3n) is 1.98. The predicted molar refractivity (Wildman–Crippen MR) is 61.3 cm³/mol. The molecule has 6 heteroatoms. The molecular weight excluding hydrogens is 243 g/mol. The van der Waals surface area contributed by atoms with E-state index in [-0.39, 0.29) is 10.8 Å². The first-order valence-electron chi connectivity index (χ1n) is 4.97. The summed E-state index contributed by atoms with van der Waals surface area (Å²) in [7, 11) is 0. The summed E-state index contributed by atoms with van der Waals surface area (Å²) in [5.74, 6) is -0.411. The molecule has 0 aliphatic heterocycles. The molecule has 0 fully saturated rings. The molecule has 1 heterocycles. The molecule has 0 aliphatic rings. The van der Waals surface area contributed by atoms with Gasteiger partial charge < -0.3 is 4.74 Å². The zero-order valence-corrected chi connectivity index (χ0v) is 9.83. The van der Waals surface area contributed by atoms with Crippen LogP contribution in [0.1, 0.15) is 16.7 Å². The number of carbonyl (C=O) groups is 1. The van der Waals surface area contributed by atoms with Gasteiger partial charge in [-0.2, -0.15) is 4.37 Å². The lowest BCUT2D eigenvalue weighted by molar-refractivity contribution is 0.0526. The van der Waals surface area contributed by atoms with Gasteiger partial charge in [0.05, 0.1) is 6.61 Å². The number of esters is 1. The fraction of sp³-hybridized carbons (Fsp3) is 0.182. The second kappa shape index (κ2) is 5.01. The average Bonchev–Trinajstić information content (AvgIpc) is 2.80. The first kappa shape index (κ1) is 11.7. The van der Waals surface area contributed by atoms with Crippen LogP contribution in [0.4, 0.5) is 4.39 Å².